The monoisotopic (exact) mass is 713 g/mol. The number of benzene rings is 1. The summed E-state index contributed by atoms with van der Waals surface area (Å²) in [6.07, 6.45) is 51.4. The zero-order valence-electron chi connectivity index (χ0n) is 33.1. The minimum Gasteiger partial charge on any atom is -0.744 e. The third-order valence-corrected chi connectivity index (χ3v) is 11.5. The van der Waals surface area contributed by atoms with Crippen LogP contribution in [-0.2, 0) is 16.5 Å². The van der Waals surface area contributed by atoms with Crippen molar-refractivity contribution in [2.45, 2.75) is 249 Å². The molecule has 0 amide bonds. The van der Waals surface area contributed by atoms with Gasteiger partial charge in [0.25, 0.3) is 0 Å². The summed E-state index contributed by atoms with van der Waals surface area (Å²) in [7, 11) is -4.37. The molecule has 0 spiro atoms. The molecule has 0 N–H and O–H groups in total. The van der Waals surface area contributed by atoms with Crippen molar-refractivity contribution in [1.82, 2.24) is 0 Å². The molecule has 5 heteroatoms. The van der Waals surface area contributed by atoms with E-state index in [1.54, 1.807) is 12.1 Å². The van der Waals surface area contributed by atoms with E-state index in [-0.39, 0.29) is 34.5 Å². The van der Waals surface area contributed by atoms with Crippen molar-refractivity contribution in [3.05, 3.63) is 29.8 Å². The standard InChI is InChI=1S/C44H82O3S.Na/c1-2-3-4-5-6-7-8-9-10-11-12-13-14-15-16-17-18-19-20-21-22-23-24-25-26-27-28-29-30-31-32-33-34-35-36-37-40-43-41-38-39-42-44(43)48(45,46)47;/h38-39,41-42H,2-37,40H2,1H3,(H,45,46,47);/q;+1/p-1. The maximum atomic E-state index is 11.4. The third kappa shape index (κ3) is 33.7. The molecule has 49 heavy (non-hydrogen) atoms. The fourth-order valence-corrected chi connectivity index (χ4v) is 8.09. The molecule has 0 fully saturated rings. The van der Waals surface area contributed by atoms with Gasteiger partial charge in [0.15, 0.2) is 0 Å². The van der Waals surface area contributed by atoms with Gasteiger partial charge in [-0.05, 0) is 24.5 Å². The average molecular weight is 713 g/mol. The van der Waals surface area contributed by atoms with E-state index in [2.05, 4.69) is 6.92 Å². The molecule has 0 bridgehead atoms. The zero-order chi connectivity index (χ0) is 34.6. The topological polar surface area (TPSA) is 57.2 Å². The first kappa shape index (κ1) is 49.1. The molecule has 0 radical (unpaired) electrons. The van der Waals surface area contributed by atoms with Crippen molar-refractivity contribution in [2.24, 2.45) is 0 Å². The van der Waals surface area contributed by atoms with Crippen LogP contribution in [0.5, 0.6) is 0 Å². The minimum absolute atomic E-state index is 0. The van der Waals surface area contributed by atoms with E-state index in [1.807, 2.05) is 6.07 Å². The Kier molecular flexibility index (Phi) is 38.0. The Labute approximate surface area is 329 Å². The molecule has 0 aliphatic carbocycles. The van der Waals surface area contributed by atoms with Crippen molar-refractivity contribution in [3.8, 4) is 0 Å². The first-order chi connectivity index (χ1) is 23.6. The third-order valence-electron chi connectivity index (χ3n) is 10.5. The molecule has 1 aromatic rings. The van der Waals surface area contributed by atoms with Crippen LogP contribution in [0.1, 0.15) is 244 Å². The van der Waals surface area contributed by atoms with E-state index in [1.165, 1.54) is 224 Å². The molecule has 0 aliphatic rings. The molecule has 0 atom stereocenters. The molecule has 3 nitrogen and oxygen atoms in total. The van der Waals surface area contributed by atoms with Crippen LogP contribution in [-0.4, -0.2) is 13.0 Å². The van der Waals surface area contributed by atoms with E-state index >= 15 is 0 Å². The Morgan fingerprint density at radius 1 is 0.388 bits per heavy atom. The van der Waals surface area contributed by atoms with E-state index in [0.29, 0.717) is 12.0 Å². The van der Waals surface area contributed by atoms with Crippen molar-refractivity contribution in [2.75, 3.05) is 0 Å². The average Bonchev–Trinajstić information content (AvgIpc) is 3.08. The van der Waals surface area contributed by atoms with Crippen molar-refractivity contribution in [1.29, 1.82) is 0 Å². The summed E-state index contributed by atoms with van der Waals surface area (Å²) in [5, 5.41) is 0. The Morgan fingerprint density at radius 3 is 0.857 bits per heavy atom. The van der Waals surface area contributed by atoms with E-state index in [0.717, 1.165) is 12.8 Å². The van der Waals surface area contributed by atoms with Gasteiger partial charge in [-0.25, -0.2) is 8.42 Å². The van der Waals surface area contributed by atoms with Gasteiger partial charge in [0.2, 0.25) is 0 Å². The van der Waals surface area contributed by atoms with Crippen LogP contribution < -0.4 is 29.6 Å². The number of hydrogen-bond donors (Lipinski definition) is 0. The molecule has 1 aromatic carbocycles. The first-order valence-corrected chi connectivity index (χ1v) is 23.0. The second-order valence-corrected chi connectivity index (χ2v) is 16.5. The molecule has 282 valence electrons. The molecule has 0 unspecified atom stereocenters. The van der Waals surface area contributed by atoms with Gasteiger partial charge in [-0.15, -0.1) is 0 Å². The van der Waals surface area contributed by atoms with Crippen LogP contribution >= 0.6 is 0 Å². The van der Waals surface area contributed by atoms with Crippen molar-refractivity contribution >= 4 is 10.1 Å². The van der Waals surface area contributed by atoms with Crippen molar-refractivity contribution < 1.29 is 42.5 Å². The van der Waals surface area contributed by atoms with E-state index in [4.69, 9.17) is 0 Å². The maximum absolute atomic E-state index is 11.4. The largest absolute Gasteiger partial charge is 1.00 e. The quantitative estimate of drug-likeness (QED) is 0.0390. The second-order valence-electron chi connectivity index (χ2n) is 15.2. The summed E-state index contributed by atoms with van der Waals surface area (Å²) in [6.45, 7) is 2.30. The second kappa shape index (κ2) is 37.9. The fraction of sp³-hybridized carbons (Fsp3) is 0.864. The maximum Gasteiger partial charge on any atom is 1.00 e. The van der Waals surface area contributed by atoms with Crippen LogP contribution in [0.3, 0.4) is 0 Å². The molecule has 0 aromatic heterocycles. The smallest absolute Gasteiger partial charge is 0.744 e. The predicted molar refractivity (Wildman–Crippen MR) is 210 cm³/mol. The Hall–Kier alpha value is 0.130. The van der Waals surface area contributed by atoms with Gasteiger partial charge in [-0.1, -0.05) is 250 Å². The number of unbranched alkanes of at least 4 members (excludes halogenated alkanes) is 35. The van der Waals surface area contributed by atoms with Crippen LogP contribution in [0.15, 0.2) is 29.2 Å². The van der Waals surface area contributed by atoms with Gasteiger partial charge in [-0.3, -0.25) is 0 Å². The summed E-state index contributed by atoms with van der Waals surface area (Å²) in [5.41, 5.74) is 0.675. The van der Waals surface area contributed by atoms with Crippen LogP contribution in [0, 0.1) is 0 Å². The van der Waals surface area contributed by atoms with Crippen molar-refractivity contribution in [3.63, 3.8) is 0 Å². The van der Waals surface area contributed by atoms with Crippen LogP contribution in [0.25, 0.3) is 0 Å². The summed E-state index contributed by atoms with van der Waals surface area (Å²) < 4.78 is 34.2. The van der Waals surface area contributed by atoms with Gasteiger partial charge in [-0.2, -0.15) is 0 Å². The fourth-order valence-electron chi connectivity index (χ4n) is 7.35. The molecule has 1 rings (SSSR count). The van der Waals surface area contributed by atoms with Gasteiger partial charge in [0, 0.05) is 0 Å². The first-order valence-electron chi connectivity index (χ1n) is 21.6. The normalized spacial score (nSPS) is 11.6. The molecule has 0 aliphatic heterocycles. The van der Waals surface area contributed by atoms with Gasteiger partial charge >= 0.3 is 29.6 Å². The Balaban J connectivity index is 0.0000230. The molecular formula is C44H81NaO3S. The molecule has 0 saturated heterocycles. The molecular weight excluding hydrogens is 632 g/mol. The SMILES string of the molecule is CCCCCCCCCCCCCCCCCCCCCCCCCCCCCCCCCCCCCCc1ccccc1S(=O)(=O)[O-].[Na+]. The minimum atomic E-state index is -4.37. The number of aryl methyl sites for hydroxylation is 1. The summed E-state index contributed by atoms with van der Waals surface area (Å²) >= 11 is 0. The van der Waals surface area contributed by atoms with Gasteiger partial charge < -0.3 is 4.55 Å². The van der Waals surface area contributed by atoms with Gasteiger partial charge in [0.05, 0.1) is 4.90 Å². The van der Waals surface area contributed by atoms with E-state index in [9.17, 15) is 13.0 Å². The molecule has 0 saturated carbocycles. The Morgan fingerprint density at radius 2 is 0.612 bits per heavy atom. The zero-order valence-corrected chi connectivity index (χ0v) is 35.9. The Bertz CT molecular complexity index is 903. The summed E-state index contributed by atoms with van der Waals surface area (Å²) in [4.78, 5) is -0.0405. The van der Waals surface area contributed by atoms with Crippen LogP contribution in [0.4, 0.5) is 0 Å². The molecule has 0 heterocycles. The number of rotatable bonds is 38. The van der Waals surface area contributed by atoms with Gasteiger partial charge in [0.1, 0.15) is 10.1 Å². The summed E-state index contributed by atoms with van der Waals surface area (Å²) in [5.74, 6) is 0. The predicted octanol–water partition coefficient (Wildman–Crippen LogP) is 12.2. The van der Waals surface area contributed by atoms with Crippen LogP contribution in [0.2, 0.25) is 0 Å². The van der Waals surface area contributed by atoms with E-state index < -0.39 is 10.1 Å². The number of hydrogen-bond acceptors (Lipinski definition) is 3. The summed E-state index contributed by atoms with van der Waals surface area (Å²) in [6, 6.07) is 6.64.